The average Bonchev–Trinajstić information content (AvgIpc) is 2.53. The fraction of sp³-hybridized carbons (Fsp3) is 0.950. The Morgan fingerprint density at radius 1 is 1.08 bits per heavy atom. The van der Waals surface area contributed by atoms with Crippen LogP contribution in [0, 0.1) is 5.92 Å². The largest absolute Gasteiger partial charge is 0.356 e. The minimum Gasteiger partial charge on any atom is -0.356 e. The van der Waals surface area contributed by atoms with Gasteiger partial charge in [-0.05, 0) is 52.9 Å². The van der Waals surface area contributed by atoms with E-state index in [1.807, 2.05) is 7.05 Å². The van der Waals surface area contributed by atoms with Gasteiger partial charge in [-0.25, -0.2) is 0 Å². The Labute approximate surface area is 179 Å². The zero-order valence-electron chi connectivity index (χ0n) is 18.2. The van der Waals surface area contributed by atoms with E-state index in [9.17, 15) is 0 Å². The zero-order valence-corrected chi connectivity index (χ0v) is 20.5. The Hall–Kier alpha value is -0.0800. The van der Waals surface area contributed by atoms with Crippen LogP contribution in [0.1, 0.15) is 60.8 Å². The number of nitrogens with one attached hydrogen (secondary N) is 2. The average molecular weight is 482 g/mol. The first-order valence-electron chi connectivity index (χ1n) is 10.3. The molecule has 0 aliphatic carbocycles. The molecule has 0 aromatic rings. The van der Waals surface area contributed by atoms with E-state index in [4.69, 9.17) is 0 Å². The molecule has 0 amide bonds. The maximum atomic E-state index is 4.40. The first-order valence-corrected chi connectivity index (χ1v) is 10.3. The molecule has 1 heterocycles. The van der Waals surface area contributed by atoms with E-state index in [-0.39, 0.29) is 24.0 Å². The fourth-order valence-electron chi connectivity index (χ4n) is 3.75. The summed E-state index contributed by atoms with van der Waals surface area (Å²) in [4.78, 5) is 9.54. The van der Waals surface area contributed by atoms with E-state index in [1.54, 1.807) is 0 Å². The summed E-state index contributed by atoms with van der Waals surface area (Å²) in [6.07, 6.45) is 3.56. The van der Waals surface area contributed by atoms with Gasteiger partial charge in [-0.15, -0.1) is 24.0 Å². The van der Waals surface area contributed by atoms with Crippen molar-refractivity contribution in [1.82, 2.24) is 20.4 Å². The molecule has 0 radical (unpaired) electrons. The molecular formula is C20H44IN5. The van der Waals surface area contributed by atoms with Crippen LogP contribution >= 0.6 is 24.0 Å². The van der Waals surface area contributed by atoms with Crippen LogP contribution in [0.15, 0.2) is 4.99 Å². The monoisotopic (exact) mass is 481 g/mol. The van der Waals surface area contributed by atoms with Crippen LogP contribution < -0.4 is 10.6 Å². The van der Waals surface area contributed by atoms with Gasteiger partial charge in [0.25, 0.3) is 0 Å². The Morgan fingerprint density at radius 3 is 2.12 bits per heavy atom. The standard InChI is InChI=1S/C20H43N5.HI/c1-16(2)15-24-13-9-19(10-14-24)23-20(21-7)22-11-8-12-25(17(3)4)18(5)6;/h16-19H,8-15H2,1-7H3,(H2,21,22,23);1H. The molecule has 1 aliphatic heterocycles. The third-order valence-corrected chi connectivity index (χ3v) is 4.99. The minimum absolute atomic E-state index is 0. The van der Waals surface area contributed by atoms with Gasteiger partial charge < -0.3 is 15.5 Å². The van der Waals surface area contributed by atoms with E-state index in [2.05, 4.69) is 67.0 Å². The van der Waals surface area contributed by atoms with Gasteiger partial charge in [-0.2, -0.15) is 0 Å². The van der Waals surface area contributed by atoms with Crippen LogP contribution in [0.5, 0.6) is 0 Å². The maximum absolute atomic E-state index is 4.40. The van der Waals surface area contributed by atoms with Crippen LogP contribution in [0.2, 0.25) is 0 Å². The van der Waals surface area contributed by atoms with Crippen molar-refractivity contribution in [2.24, 2.45) is 10.9 Å². The number of piperidine rings is 1. The number of rotatable bonds is 9. The van der Waals surface area contributed by atoms with Crippen LogP contribution in [0.25, 0.3) is 0 Å². The van der Waals surface area contributed by atoms with E-state index >= 15 is 0 Å². The van der Waals surface area contributed by atoms with E-state index in [1.165, 1.54) is 32.5 Å². The summed E-state index contributed by atoms with van der Waals surface area (Å²) in [7, 11) is 1.87. The van der Waals surface area contributed by atoms with Crippen molar-refractivity contribution in [3.05, 3.63) is 0 Å². The minimum atomic E-state index is 0. The third-order valence-electron chi connectivity index (χ3n) is 4.99. The molecule has 0 atom stereocenters. The van der Waals surface area contributed by atoms with Gasteiger partial charge in [-0.1, -0.05) is 13.8 Å². The normalized spacial score (nSPS) is 17.3. The Balaban J connectivity index is 0.00000625. The van der Waals surface area contributed by atoms with E-state index in [0.29, 0.717) is 18.1 Å². The highest BCUT2D eigenvalue weighted by atomic mass is 127. The summed E-state index contributed by atoms with van der Waals surface area (Å²) in [6, 6.07) is 1.76. The van der Waals surface area contributed by atoms with Gasteiger partial charge in [0.1, 0.15) is 0 Å². The van der Waals surface area contributed by atoms with Crippen molar-refractivity contribution >= 4 is 29.9 Å². The number of likely N-dealkylation sites (tertiary alicyclic amines) is 1. The van der Waals surface area contributed by atoms with Crippen molar-refractivity contribution in [2.45, 2.75) is 78.9 Å². The van der Waals surface area contributed by atoms with Crippen LogP contribution in [-0.2, 0) is 0 Å². The molecule has 6 heteroatoms. The Morgan fingerprint density at radius 2 is 1.65 bits per heavy atom. The second-order valence-corrected chi connectivity index (χ2v) is 8.39. The Bertz CT molecular complexity index is 368. The second kappa shape index (κ2) is 14.0. The topological polar surface area (TPSA) is 42.9 Å². The summed E-state index contributed by atoms with van der Waals surface area (Å²) >= 11 is 0. The second-order valence-electron chi connectivity index (χ2n) is 8.39. The van der Waals surface area contributed by atoms with Crippen molar-refractivity contribution in [2.75, 3.05) is 39.8 Å². The first-order chi connectivity index (χ1) is 11.8. The van der Waals surface area contributed by atoms with Gasteiger partial charge >= 0.3 is 0 Å². The number of nitrogens with zero attached hydrogens (tertiary/aromatic N) is 3. The Kier molecular flexibility index (Phi) is 14.0. The highest BCUT2D eigenvalue weighted by Gasteiger charge is 2.20. The SMILES string of the molecule is CN=C(NCCCN(C(C)C)C(C)C)NC1CCN(CC(C)C)CC1.I. The molecule has 1 fully saturated rings. The van der Waals surface area contributed by atoms with Crippen LogP contribution in [-0.4, -0.2) is 73.7 Å². The summed E-state index contributed by atoms with van der Waals surface area (Å²) in [6.45, 7) is 19.4. The lowest BCUT2D eigenvalue weighted by Crippen LogP contribution is -2.49. The summed E-state index contributed by atoms with van der Waals surface area (Å²) in [5.41, 5.74) is 0. The van der Waals surface area contributed by atoms with Gasteiger partial charge in [-0.3, -0.25) is 9.89 Å². The lowest BCUT2D eigenvalue weighted by Gasteiger charge is -2.34. The maximum Gasteiger partial charge on any atom is 0.191 e. The molecule has 0 bridgehead atoms. The van der Waals surface area contributed by atoms with Crippen molar-refractivity contribution < 1.29 is 0 Å². The zero-order chi connectivity index (χ0) is 18.8. The van der Waals surface area contributed by atoms with Gasteiger partial charge in [0.15, 0.2) is 5.96 Å². The first kappa shape index (κ1) is 25.9. The molecule has 0 aromatic heterocycles. The molecule has 5 nitrogen and oxygen atoms in total. The molecule has 1 saturated heterocycles. The molecule has 1 aliphatic rings. The molecular weight excluding hydrogens is 437 g/mol. The van der Waals surface area contributed by atoms with Crippen LogP contribution in [0.4, 0.5) is 0 Å². The quantitative estimate of drug-likeness (QED) is 0.229. The van der Waals surface area contributed by atoms with Crippen LogP contribution in [0.3, 0.4) is 0 Å². The highest BCUT2D eigenvalue weighted by Crippen LogP contribution is 2.12. The highest BCUT2D eigenvalue weighted by molar-refractivity contribution is 14.0. The lowest BCUT2D eigenvalue weighted by molar-refractivity contribution is 0.173. The molecule has 2 N–H and O–H groups in total. The van der Waals surface area contributed by atoms with Gasteiger partial charge in [0.2, 0.25) is 0 Å². The number of aliphatic imine (C=N–C) groups is 1. The molecule has 0 spiro atoms. The fourth-order valence-corrected chi connectivity index (χ4v) is 3.75. The van der Waals surface area contributed by atoms with Crippen molar-refractivity contribution in [3.8, 4) is 0 Å². The number of hydrogen-bond acceptors (Lipinski definition) is 3. The summed E-state index contributed by atoms with van der Waals surface area (Å²) < 4.78 is 0. The molecule has 156 valence electrons. The summed E-state index contributed by atoms with van der Waals surface area (Å²) in [5.74, 6) is 1.72. The van der Waals surface area contributed by atoms with E-state index in [0.717, 1.165) is 31.4 Å². The molecule has 0 saturated carbocycles. The predicted molar refractivity (Wildman–Crippen MR) is 126 cm³/mol. The predicted octanol–water partition coefficient (Wildman–Crippen LogP) is 3.40. The number of halogens is 1. The molecule has 26 heavy (non-hydrogen) atoms. The smallest absolute Gasteiger partial charge is 0.191 e. The molecule has 1 rings (SSSR count). The lowest BCUT2D eigenvalue weighted by atomic mass is 10.0. The van der Waals surface area contributed by atoms with Gasteiger partial charge in [0.05, 0.1) is 0 Å². The van der Waals surface area contributed by atoms with Crippen molar-refractivity contribution in [3.63, 3.8) is 0 Å². The van der Waals surface area contributed by atoms with Gasteiger partial charge in [0, 0.05) is 57.9 Å². The molecule has 0 aromatic carbocycles. The third kappa shape index (κ3) is 10.3. The number of guanidine groups is 1. The van der Waals surface area contributed by atoms with E-state index < -0.39 is 0 Å². The molecule has 0 unspecified atom stereocenters. The number of hydrogen-bond donors (Lipinski definition) is 2. The summed E-state index contributed by atoms with van der Waals surface area (Å²) in [5, 5.41) is 7.10. The van der Waals surface area contributed by atoms with Crippen molar-refractivity contribution in [1.29, 1.82) is 0 Å².